The Morgan fingerprint density at radius 3 is 1.06 bits per heavy atom. The van der Waals surface area contributed by atoms with Crippen molar-refractivity contribution in [2.75, 3.05) is 159 Å². The monoisotopic (exact) mass is 1360 g/mol. The molecule has 3 saturated heterocycles. The summed E-state index contributed by atoms with van der Waals surface area (Å²) < 4.78 is 73.9. The fourth-order valence-electron chi connectivity index (χ4n) is 4.25. The molecule has 3 aliphatic rings. The van der Waals surface area contributed by atoms with Gasteiger partial charge >= 0.3 is 11.9 Å². The van der Waals surface area contributed by atoms with Crippen molar-refractivity contribution in [1.29, 1.82) is 0 Å². The van der Waals surface area contributed by atoms with Gasteiger partial charge in [0.25, 0.3) is 0 Å². The molecular formula is C63H122Br2O20. The molecule has 3 heterocycles. The van der Waals surface area contributed by atoms with E-state index >= 15 is 0 Å². The van der Waals surface area contributed by atoms with Gasteiger partial charge in [-0.25, -0.2) is 0 Å². The molecule has 9 atom stereocenters. The second-order valence-corrected chi connectivity index (χ2v) is 18.7. The summed E-state index contributed by atoms with van der Waals surface area (Å²) in [5, 5.41) is 28.3. The quantitative estimate of drug-likeness (QED) is 0.0170. The number of hydrogen-bond donors (Lipinski definition) is 3. The van der Waals surface area contributed by atoms with Gasteiger partial charge in [0.1, 0.15) is 31.5 Å². The fourth-order valence-corrected chi connectivity index (χ4v) is 4.25. The zero-order valence-electron chi connectivity index (χ0n) is 54.9. The molecule has 3 fully saturated rings. The molecule has 0 saturated carbocycles. The number of aliphatic hydroxyl groups is 3. The molecule has 9 unspecified atom stereocenters. The number of hydrogen-bond acceptors (Lipinski definition) is 20. The van der Waals surface area contributed by atoms with Crippen molar-refractivity contribution in [3.8, 4) is 0 Å². The number of allylic oxidation sites excluding steroid dienone is 2. The molecule has 508 valence electrons. The van der Waals surface area contributed by atoms with Crippen molar-refractivity contribution >= 4 is 43.8 Å². The van der Waals surface area contributed by atoms with Gasteiger partial charge in [-0.3, -0.25) is 9.59 Å². The molecule has 0 aromatic carbocycles. The minimum Gasteiger partial charge on any atom is -0.463 e. The summed E-state index contributed by atoms with van der Waals surface area (Å²) in [7, 11) is 8.08. The molecule has 0 aromatic rings. The molecule has 0 aliphatic carbocycles. The SMILES string of the molecule is C=CCBr.C=CCBr.C=CCOC(CC)COC.C=CCOC(CC)COC(C)=O.C=CCOCC(COC)OC.C=CCOCC(O)COC.C=CCOCC1CO1.CCC(O)COC.CCC(O)COC(C)=O.CCC1CO1.CCC1CO1. The Labute approximate surface area is 533 Å². The highest BCUT2D eigenvalue weighted by Crippen LogP contribution is 2.11. The van der Waals surface area contributed by atoms with Crippen LogP contribution in [-0.2, 0) is 80.6 Å². The number of carbonyl (C=O) groups excluding carboxylic acids is 2. The van der Waals surface area contributed by atoms with E-state index in [1.165, 1.54) is 33.8 Å². The van der Waals surface area contributed by atoms with E-state index < -0.39 is 12.2 Å². The number of ether oxygens (including phenoxy) is 15. The molecule has 0 aromatic heterocycles. The van der Waals surface area contributed by atoms with E-state index in [1.54, 1.807) is 71.0 Å². The van der Waals surface area contributed by atoms with Crippen molar-refractivity contribution in [2.24, 2.45) is 0 Å². The lowest BCUT2D eigenvalue weighted by Crippen LogP contribution is -2.23. The van der Waals surface area contributed by atoms with Gasteiger partial charge in [0.15, 0.2) is 0 Å². The zero-order chi connectivity index (χ0) is 66.6. The van der Waals surface area contributed by atoms with Gasteiger partial charge < -0.3 is 86.4 Å². The summed E-state index contributed by atoms with van der Waals surface area (Å²) in [6.07, 6.45) is 18.3. The first-order valence-electron chi connectivity index (χ1n) is 28.8. The Hall–Kier alpha value is -2.56. The number of aliphatic hydroxyl groups excluding tert-OH is 3. The lowest BCUT2D eigenvalue weighted by molar-refractivity contribution is -0.145. The highest BCUT2D eigenvalue weighted by Gasteiger charge is 2.22. The van der Waals surface area contributed by atoms with Crippen LogP contribution < -0.4 is 0 Å². The standard InChI is InChI=1S/C9H16O3.C8H16O3.C8H16O2.C7H14O3.C6H12O3.C6H10O2.C5H12O2.2C4H8O.2C3H5Br/c1-4-6-11-9(5-2)7-12-8(3)10;1-4-5-11-7-8(10-3)6-9-2;1-4-6-10-8(5-2)7-9-3;1-3-4-10-6-7(8)5-9-2;1-3-6(8)4-9-5(2)7;1-2-3-7-4-6-5-8-6;1-3-5(6)4-7-2;2*1-2-4-3-5-4;2*1-2-3-4/h4,9H,1,5-7H2,2-3H3;4,8H,1,5-7H2,2-3H3;4,8H,1,5-7H2,2-3H3;3,7-8H,1,4-6H2,2H3;6,8H,3-4H2,1-2H3;2,6H,1,3-5H2;5-6H,3-4H2,1-2H3;2*4H,2-3H2,1H3;2*2H,1,3H2. The molecule has 3 aliphatic heterocycles. The molecule has 85 heavy (non-hydrogen) atoms. The Bertz CT molecular complexity index is 1350. The van der Waals surface area contributed by atoms with Crippen LogP contribution in [-0.4, -0.2) is 241 Å². The van der Waals surface area contributed by atoms with Crippen LogP contribution in [0.15, 0.2) is 88.6 Å². The lowest BCUT2D eigenvalue weighted by atomic mass is 10.3. The van der Waals surface area contributed by atoms with Gasteiger partial charge in [-0.2, -0.15) is 0 Å². The van der Waals surface area contributed by atoms with Gasteiger partial charge in [0.2, 0.25) is 0 Å². The summed E-state index contributed by atoms with van der Waals surface area (Å²) in [5.74, 6) is -0.613. The third-order valence-electron chi connectivity index (χ3n) is 9.42. The first-order valence-corrected chi connectivity index (χ1v) is 31.0. The smallest absolute Gasteiger partial charge is 0.302 e. The summed E-state index contributed by atoms with van der Waals surface area (Å²) in [6, 6.07) is 0. The molecule has 20 nitrogen and oxygen atoms in total. The van der Waals surface area contributed by atoms with Gasteiger partial charge in [-0.1, -0.05) is 116 Å². The fraction of sp³-hybridized carbons (Fsp3) is 0.746. The van der Waals surface area contributed by atoms with E-state index in [0.717, 1.165) is 56.4 Å². The third-order valence-corrected chi connectivity index (χ3v) is 10.3. The van der Waals surface area contributed by atoms with Gasteiger partial charge in [0, 0.05) is 60.1 Å². The van der Waals surface area contributed by atoms with Crippen LogP contribution in [0.2, 0.25) is 0 Å². The Morgan fingerprint density at radius 1 is 0.447 bits per heavy atom. The maximum Gasteiger partial charge on any atom is 0.302 e. The highest BCUT2D eigenvalue weighted by atomic mass is 79.9. The van der Waals surface area contributed by atoms with Crippen molar-refractivity contribution in [3.05, 3.63) is 88.6 Å². The topological polar surface area (TPSA) is 243 Å². The molecule has 3 N–H and O–H groups in total. The summed E-state index contributed by atoms with van der Waals surface area (Å²) >= 11 is 6.26. The van der Waals surface area contributed by atoms with Crippen LogP contribution in [0.25, 0.3) is 0 Å². The molecular weight excluding hydrogens is 1240 g/mol. The normalized spacial score (nSPS) is 16.0. The molecule has 22 heteroatoms. The van der Waals surface area contributed by atoms with E-state index in [0.29, 0.717) is 104 Å². The number of rotatable bonds is 39. The van der Waals surface area contributed by atoms with Crippen molar-refractivity contribution in [1.82, 2.24) is 0 Å². The summed E-state index contributed by atoms with van der Waals surface area (Å²) in [4.78, 5) is 20.6. The highest BCUT2D eigenvalue weighted by molar-refractivity contribution is 9.09. The summed E-state index contributed by atoms with van der Waals surface area (Å²) in [6.45, 7) is 49.0. The van der Waals surface area contributed by atoms with E-state index in [-0.39, 0.29) is 43.0 Å². The Morgan fingerprint density at radius 2 is 0.776 bits per heavy atom. The number of carbonyl (C=O) groups is 2. The molecule has 0 radical (unpaired) electrons. The third kappa shape index (κ3) is 113. The minimum absolute atomic E-state index is 0.00750. The molecule has 3 rings (SSSR count). The maximum atomic E-state index is 10.4. The average molecular weight is 1360 g/mol. The Kier molecular flexibility index (Phi) is 102. The molecule has 0 spiro atoms. The zero-order valence-corrected chi connectivity index (χ0v) is 58.1. The minimum atomic E-state index is -0.523. The maximum absolute atomic E-state index is 10.4. The van der Waals surface area contributed by atoms with Gasteiger partial charge in [-0.15, -0.1) is 46.1 Å². The predicted molar refractivity (Wildman–Crippen MR) is 351 cm³/mol. The van der Waals surface area contributed by atoms with E-state index in [2.05, 4.69) is 113 Å². The second-order valence-electron chi connectivity index (χ2n) is 17.4. The number of alkyl halides is 2. The van der Waals surface area contributed by atoms with Gasteiger partial charge in [-0.05, 0) is 38.5 Å². The van der Waals surface area contributed by atoms with E-state index in [4.69, 9.17) is 72.2 Å². The average Bonchev–Trinajstić information content (AvgIpc) is 4.36. The molecule has 0 bridgehead atoms. The number of halogens is 2. The van der Waals surface area contributed by atoms with Crippen LogP contribution in [0.5, 0.6) is 0 Å². The van der Waals surface area contributed by atoms with Crippen LogP contribution in [0.3, 0.4) is 0 Å². The van der Waals surface area contributed by atoms with Gasteiger partial charge in [0.05, 0.1) is 136 Å². The van der Waals surface area contributed by atoms with Crippen molar-refractivity contribution in [3.63, 3.8) is 0 Å². The first kappa shape index (κ1) is 98.7. The van der Waals surface area contributed by atoms with Crippen LogP contribution >= 0.6 is 31.9 Å². The first-order chi connectivity index (χ1) is 40.8. The number of methoxy groups -OCH3 is 5. The van der Waals surface area contributed by atoms with E-state index in [9.17, 15) is 9.59 Å². The van der Waals surface area contributed by atoms with Crippen LogP contribution in [0.4, 0.5) is 0 Å². The number of esters is 2. The molecule has 0 amide bonds. The second kappa shape index (κ2) is 87.9. The predicted octanol–water partition coefficient (Wildman–Crippen LogP) is 10.2. The van der Waals surface area contributed by atoms with Crippen LogP contribution in [0.1, 0.15) is 93.9 Å². The summed E-state index contributed by atoms with van der Waals surface area (Å²) in [5.41, 5.74) is 0. The largest absolute Gasteiger partial charge is 0.463 e. The lowest BCUT2D eigenvalue weighted by Gasteiger charge is -2.13. The Balaban J connectivity index is -0.000000130. The van der Waals surface area contributed by atoms with Crippen LogP contribution in [0, 0.1) is 0 Å². The van der Waals surface area contributed by atoms with Crippen molar-refractivity contribution in [2.45, 2.75) is 149 Å². The van der Waals surface area contributed by atoms with E-state index in [1.807, 2.05) is 20.8 Å². The number of epoxide rings is 3. The van der Waals surface area contributed by atoms with Crippen molar-refractivity contribution < 1.29 is 96.0 Å².